The SMILES string of the molecule is CCCCCC(N)c1cccc(OCC)c1. The smallest absolute Gasteiger partial charge is 0.119 e. The molecule has 0 saturated heterocycles. The molecule has 0 saturated carbocycles. The van der Waals surface area contributed by atoms with Crippen LogP contribution in [-0.2, 0) is 0 Å². The van der Waals surface area contributed by atoms with Gasteiger partial charge in [-0.1, -0.05) is 38.3 Å². The molecule has 0 fully saturated rings. The number of nitrogens with two attached hydrogens (primary N) is 1. The van der Waals surface area contributed by atoms with Crippen molar-refractivity contribution in [1.82, 2.24) is 0 Å². The molecular weight excluding hydrogens is 198 g/mol. The monoisotopic (exact) mass is 221 g/mol. The highest BCUT2D eigenvalue weighted by Gasteiger charge is 2.06. The third-order valence-corrected chi connectivity index (χ3v) is 2.72. The molecule has 0 amide bonds. The van der Waals surface area contributed by atoms with Crippen molar-refractivity contribution in [1.29, 1.82) is 0 Å². The third kappa shape index (κ3) is 4.23. The third-order valence-electron chi connectivity index (χ3n) is 2.72. The molecule has 1 aromatic carbocycles. The van der Waals surface area contributed by atoms with E-state index in [-0.39, 0.29) is 6.04 Å². The van der Waals surface area contributed by atoms with Crippen molar-refractivity contribution in [2.24, 2.45) is 5.73 Å². The number of hydrogen-bond donors (Lipinski definition) is 1. The van der Waals surface area contributed by atoms with Gasteiger partial charge in [-0.25, -0.2) is 0 Å². The molecule has 0 radical (unpaired) electrons. The van der Waals surface area contributed by atoms with Crippen LogP contribution in [0.25, 0.3) is 0 Å². The summed E-state index contributed by atoms with van der Waals surface area (Å²) in [5.41, 5.74) is 7.33. The highest BCUT2D eigenvalue weighted by Crippen LogP contribution is 2.21. The minimum atomic E-state index is 0.145. The van der Waals surface area contributed by atoms with E-state index in [1.165, 1.54) is 24.8 Å². The number of hydrogen-bond acceptors (Lipinski definition) is 2. The summed E-state index contributed by atoms with van der Waals surface area (Å²) in [5, 5.41) is 0. The summed E-state index contributed by atoms with van der Waals surface area (Å²) in [4.78, 5) is 0. The van der Waals surface area contributed by atoms with Gasteiger partial charge in [0.2, 0.25) is 0 Å². The van der Waals surface area contributed by atoms with Gasteiger partial charge in [0.25, 0.3) is 0 Å². The van der Waals surface area contributed by atoms with E-state index in [0.717, 1.165) is 12.2 Å². The van der Waals surface area contributed by atoms with Gasteiger partial charge in [-0.2, -0.15) is 0 Å². The van der Waals surface area contributed by atoms with Gasteiger partial charge in [-0.3, -0.25) is 0 Å². The molecule has 2 heteroatoms. The molecular formula is C14H23NO. The van der Waals surface area contributed by atoms with Crippen LogP contribution >= 0.6 is 0 Å². The summed E-state index contributed by atoms with van der Waals surface area (Å²) >= 11 is 0. The number of benzene rings is 1. The van der Waals surface area contributed by atoms with E-state index in [2.05, 4.69) is 19.1 Å². The van der Waals surface area contributed by atoms with Crippen molar-refractivity contribution >= 4 is 0 Å². The van der Waals surface area contributed by atoms with Gasteiger partial charge in [0.1, 0.15) is 5.75 Å². The van der Waals surface area contributed by atoms with Gasteiger partial charge in [0.05, 0.1) is 6.61 Å². The molecule has 90 valence electrons. The topological polar surface area (TPSA) is 35.2 Å². The predicted octanol–water partition coefficient (Wildman–Crippen LogP) is 3.67. The first kappa shape index (κ1) is 13.0. The summed E-state index contributed by atoms with van der Waals surface area (Å²) in [7, 11) is 0. The van der Waals surface area contributed by atoms with Crippen molar-refractivity contribution in [2.45, 2.75) is 45.6 Å². The Morgan fingerprint density at radius 3 is 2.75 bits per heavy atom. The second-order valence-corrected chi connectivity index (χ2v) is 4.11. The Hall–Kier alpha value is -1.02. The van der Waals surface area contributed by atoms with Crippen LogP contribution in [0.2, 0.25) is 0 Å². The summed E-state index contributed by atoms with van der Waals surface area (Å²) < 4.78 is 5.47. The van der Waals surface area contributed by atoms with E-state index >= 15 is 0 Å². The lowest BCUT2D eigenvalue weighted by Gasteiger charge is -2.13. The van der Waals surface area contributed by atoms with Gasteiger partial charge < -0.3 is 10.5 Å². The van der Waals surface area contributed by atoms with Crippen LogP contribution < -0.4 is 10.5 Å². The van der Waals surface area contributed by atoms with E-state index < -0.39 is 0 Å². The number of unbranched alkanes of at least 4 members (excludes halogenated alkanes) is 2. The fraction of sp³-hybridized carbons (Fsp3) is 0.571. The van der Waals surface area contributed by atoms with Gasteiger partial charge in [-0.15, -0.1) is 0 Å². The molecule has 0 aromatic heterocycles. The molecule has 1 rings (SSSR count). The normalized spacial score (nSPS) is 12.4. The van der Waals surface area contributed by atoms with Crippen molar-refractivity contribution < 1.29 is 4.74 Å². The standard InChI is InChI=1S/C14H23NO/c1-3-5-6-10-14(15)12-8-7-9-13(11-12)16-4-2/h7-9,11,14H,3-6,10,15H2,1-2H3. The average Bonchev–Trinajstić information content (AvgIpc) is 2.30. The minimum Gasteiger partial charge on any atom is -0.494 e. The molecule has 16 heavy (non-hydrogen) atoms. The zero-order valence-corrected chi connectivity index (χ0v) is 10.4. The van der Waals surface area contributed by atoms with Crippen LogP contribution in [0.15, 0.2) is 24.3 Å². The van der Waals surface area contributed by atoms with E-state index in [1.807, 2.05) is 19.1 Å². The van der Waals surface area contributed by atoms with Crippen LogP contribution in [0.4, 0.5) is 0 Å². The zero-order chi connectivity index (χ0) is 11.8. The first-order valence-electron chi connectivity index (χ1n) is 6.26. The Labute approximate surface area is 98.8 Å². The lowest BCUT2D eigenvalue weighted by atomic mass is 10.0. The van der Waals surface area contributed by atoms with E-state index in [1.54, 1.807) is 0 Å². The maximum Gasteiger partial charge on any atom is 0.119 e. The van der Waals surface area contributed by atoms with Crippen molar-refractivity contribution in [3.63, 3.8) is 0 Å². The summed E-state index contributed by atoms with van der Waals surface area (Å²) in [6, 6.07) is 8.28. The molecule has 1 aromatic rings. The van der Waals surface area contributed by atoms with Crippen molar-refractivity contribution in [2.75, 3.05) is 6.61 Å². The van der Waals surface area contributed by atoms with Crippen molar-refractivity contribution in [3.05, 3.63) is 29.8 Å². The van der Waals surface area contributed by atoms with Crippen LogP contribution in [-0.4, -0.2) is 6.61 Å². The largest absolute Gasteiger partial charge is 0.494 e. The van der Waals surface area contributed by atoms with E-state index in [0.29, 0.717) is 6.61 Å². The van der Waals surface area contributed by atoms with Gasteiger partial charge >= 0.3 is 0 Å². The molecule has 0 aliphatic rings. The summed E-state index contributed by atoms with van der Waals surface area (Å²) in [6.45, 7) is 4.91. The lowest BCUT2D eigenvalue weighted by molar-refractivity contribution is 0.339. The molecule has 0 heterocycles. The van der Waals surface area contributed by atoms with Crippen LogP contribution in [0.3, 0.4) is 0 Å². The fourth-order valence-electron chi connectivity index (χ4n) is 1.78. The van der Waals surface area contributed by atoms with Crippen molar-refractivity contribution in [3.8, 4) is 5.75 Å². The maximum atomic E-state index is 6.15. The summed E-state index contributed by atoms with van der Waals surface area (Å²) in [6.07, 6.45) is 4.77. The quantitative estimate of drug-likeness (QED) is 0.713. The number of ether oxygens (including phenoxy) is 1. The molecule has 2 N–H and O–H groups in total. The highest BCUT2D eigenvalue weighted by atomic mass is 16.5. The molecule has 0 spiro atoms. The average molecular weight is 221 g/mol. The molecule has 1 atom stereocenters. The number of rotatable bonds is 7. The van der Waals surface area contributed by atoms with Crippen LogP contribution in [0.5, 0.6) is 5.75 Å². The van der Waals surface area contributed by atoms with Gasteiger partial charge in [0.15, 0.2) is 0 Å². The Bertz CT molecular complexity index is 299. The first-order valence-corrected chi connectivity index (χ1v) is 6.26. The van der Waals surface area contributed by atoms with Crippen LogP contribution in [0, 0.1) is 0 Å². The Morgan fingerprint density at radius 1 is 1.25 bits per heavy atom. The molecule has 0 aliphatic heterocycles. The first-order chi connectivity index (χ1) is 7.77. The second kappa shape index (κ2) is 7.29. The fourth-order valence-corrected chi connectivity index (χ4v) is 1.78. The Balaban J connectivity index is 2.53. The minimum absolute atomic E-state index is 0.145. The summed E-state index contributed by atoms with van der Waals surface area (Å²) in [5.74, 6) is 0.922. The molecule has 2 nitrogen and oxygen atoms in total. The molecule has 0 bridgehead atoms. The predicted molar refractivity (Wildman–Crippen MR) is 68.7 cm³/mol. The van der Waals surface area contributed by atoms with Gasteiger partial charge in [0, 0.05) is 6.04 Å². The zero-order valence-electron chi connectivity index (χ0n) is 10.4. The Kier molecular flexibility index (Phi) is 5.94. The highest BCUT2D eigenvalue weighted by molar-refractivity contribution is 5.30. The van der Waals surface area contributed by atoms with E-state index in [9.17, 15) is 0 Å². The Morgan fingerprint density at radius 2 is 2.06 bits per heavy atom. The molecule has 0 aliphatic carbocycles. The molecule has 1 unspecified atom stereocenters. The van der Waals surface area contributed by atoms with E-state index in [4.69, 9.17) is 10.5 Å². The second-order valence-electron chi connectivity index (χ2n) is 4.11. The van der Waals surface area contributed by atoms with Gasteiger partial charge in [-0.05, 0) is 31.0 Å². The maximum absolute atomic E-state index is 6.15. The van der Waals surface area contributed by atoms with Crippen LogP contribution in [0.1, 0.15) is 51.1 Å². The lowest BCUT2D eigenvalue weighted by Crippen LogP contribution is -2.10.